The number of aliphatic imine (C=N–C) groups is 1. The first-order valence-corrected chi connectivity index (χ1v) is 4.46. The fraction of sp³-hybridized carbons (Fsp3) is 0.889. The lowest BCUT2D eigenvalue weighted by Crippen LogP contribution is -2.27. The van der Waals surface area contributed by atoms with E-state index in [-0.39, 0.29) is 0 Å². The van der Waals surface area contributed by atoms with Gasteiger partial charge < -0.3 is 4.90 Å². The second-order valence-corrected chi connectivity index (χ2v) is 3.60. The summed E-state index contributed by atoms with van der Waals surface area (Å²) in [6, 6.07) is 0. The van der Waals surface area contributed by atoms with Gasteiger partial charge in [-0.15, -0.1) is 0 Å². The van der Waals surface area contributed by atoms with Gasteiger partial charge in [-0.25, -0.2) is 0 Å². The van der Waals surface area contributed by atoms with Crippen molar-refractivity contribution in [3.8, 4) is 0 Å². The van der Waals surface area contributed by atoms with Crippen molar-refractivity contribution in [2.24, 2.45) is 10.9 Å². The highest BCUT2D eigenvalue weighted by Gasteiger charge is 2.11. The van der Waals surface area contributed by atoms with Crippen molar-refractivity contribution in [3.05, 3.63) is 0 Å². The lowest BCUT2D eigenvalue weighted by Gasteiger charge is -2.18. The van der Waals surface area contributed by atoms with E-state index in [1.54, 1.807) is 0 Å². The fourth-order valence-corrected chi connectivity index (χ4v) is 1.28. The van der Waals surface area contributed by atoms with Crippen LogP contribution in [0.15, 0.2) is 4.99 Å². The molecule has 0 saturated carbocycles. The van der Waals surface area contributed by atoms with Crippen LogP contribution in [0.3, 0.4) is 0 Å². The second-order valence-electron chi connectivity index (χ2n) is 3.60. The first-order chi connectivity index (χ1) is 5.20. The molecular weight excluding hydrogens is 136 g/mol. The first kappa shape index (κ1) is 8.57. The minimum absolute atomic E-state index is 0.809. The minimum Gasteiger partial charge on any atom is -0.359 e. The molecule has 0 N–H and O–H groups in total. The summed E-state index contributed by atoms with van der Waals surface area (Å²) in [5, 5.41) is 0. The lowest BCUT2D eigenvalue weighted by molar-refractivity contribution is 0.406. The Labute approximate surface area is 69.3 Å². The van der Waals surface area contributed by atoms with Crippen molar-refractivity contribution >= 4 is 5.84 Å². The summed E-state index contributed by atoms with van der Waals surface area (Å²) in [5.41, 5.74) is 0. The molecule has 0 saturated heterocycles. The van der Waals surface area contributed by atoms with Crippen LogP contribution in [0.5, 0.6) is 0 Å². The van der Waals surface area contributed by atoms with Crippen LogP contribution in [-0.4, -0.2) is 30.4 Å². The number of hydrogen-bond acceptors (Lipinski definition) is 2. The molecule has 64 valence electrons. The third-order valence-corrected chi connectivity index (χ3v) is 2.14. The van der Waals surface area contributed by atoms with Crippen LogP contribution >= 0.6 is 0 Å². The monoisotopic (exact) mass is 154 g/mol. The molecule has 0 fully saturated rings. The zero-order chi connectivity index (χ0) is 8.27. The van der Waals surface area contributed by atoms with Crippen molar-refractivity contribution < 1.29 is 0 Å². The van der Waals surface area contributed by atoms with Crippen LogP contribution < -0.4 is 0 Å². The number of nitrogens with zero attached hydrogens (tertiary/aromatic N) is 2. The molecule has 0 aromatic carbocycles. The molecule has 0 atom stereocenters. The van der Waals surface area contributed by atoms with Crippen LogP contribution in [0.1, 0.15) is 27.2 Å². The van der Waals surface area contributed by atoms with Crippen molar-refractivity contribution in [1.82, 2.24) is 4.90 Å². The van der Waals surface area contributed by atoms with E-state index in [0.717, 1.165) is 19.0 Å². The standard InChI is InChI=1S/C9H18N2/c1-8(2)4-6-11-7-5-10-9(11)3/h8H,4-7H2,1-3H3. The Morgan fingerprint density at radius 3 is 2.73 bits per heavy atom. The van der Waals surface area contributed by atoms with Gasteiger partial charge in [0.1, 0.15) is 0 Å². The molecule has 0 amide bonds. The highest BCUT2D eigenvalue weighted by molar-refractivity contribution is 5.81. The summed E-state index contributed by atoms with van der Waals surface area (Å²) in [4.78, 5) is 6.71. The smallest absolute Gasteiger partial charge is 0.0958 e. The lowest BCUT2D eigenvalue weighted by atomic mass is 10.1. The molecule has 0 unspecified atom stereocenters. The van der Waals surface area contributed by atoms with Gasteiger partial charge >= 0.3 is 0 Å². The Morgan fingerprint density at radius 1 is 1.55 bits per heavy atom. The predicted molar refractivity (Wildman–Crippen MR) is 49.0 cm³/mol. The van der Waals surface area contributed by atoms with Gasteiger partial charge in [-0.1, -0.05) is 13.8 Å². The predicted octanol–water partition coefficient (Wildman–Crippen LogP) is 1.77. The largest absolute Gasteiger partial charge is 0.359 e. The summed E-state index contributed by atoms with van der Waals surface area (Å²) in [6.07, 6.45) is 1.28. The molecule has 0 bridgehead atoms. The van der Waals surface area contributed by atoms with Gasteiger partial charge in [-0.3, -0.25) is 4.99 Å². The molecule has 0 aromatic rings. The zero-order valence-corrected chi connectivity index (χ0v) is 7.80. The molecule has 0 aliphatic carbocycles. The Morgan fingerprint density at radius 2 is 2.27 bits per heavy atom. The van der Waals surface area contributed by atoms with Gasteiger partial charge in [0.25, 0.3) is 0 Å². The molecule has 11 heavy (non-hydrogen) atoms. The topological polar surface area (TPSA) is 15.6 Å². The van der Waals surface area contributed by atoms with E-state index < -0.39 is 0 Å². The highest BCUT2D eigenvalue weighted by Crippen LogP contribution is 2.06. The number of rotatable bonds is 3. The van der Waals surface area contributed by atoms with Crippen LogP contribution in [0.25, 0.3) is 0 Å². The highest BCUT2D eigenvalue weighted by atomic mass is 15.2. The van der Waals surface area contributed by atoms with E-state index in [9.17, 15) is 0 Å². The van der Waals surface area contributed by atoms with E-state index in [0.29, 0.717) is 0 Å². The zero-order valence-electron chi connectivity index (χ0n) is 7.80. The average molecular weight is 154 g/mol. The Kier molecular flexibility index (Phi) is 2.92. The van der Waals surface area contributed by atoms with E-state index >= 15 is 0 Å². The first-order valence-electron chi connectivity index (χ1n) is 4.46. The maximum Gasteiger partial charge on any atom is 0.0958 e. The molecule has 0 radical (unpaired) electrons. The molecule has 0 spiro atoms. The molecule has 0 aromatic heterocycles. The summed E-state index contributed by atoms with van der Waals surface area (Å²) in [7, 11) is 0. The van der Waals surface area contributed by atoms with Crippen LogP contribution in [0, 0.1) is 5.92 Å². The molecule has 1 aliphatic heterocycles. The van der Waals surface area contributed by atoms with E-state index in [1.807, 2.05) is 0 Å². The maximum atomic E-state index is 4.34. The Balaban J connectivity index is 2.22. The fourth-order valence-electron chi connectivity index (χ4n) is 1.28. The van der Waals surface area contributed by atoms with Gasteiger partial charge in [0.2, 0.25) is 0 Å². The van der Waals surface area contributed by atoms with Crippen LogP contribution in [0.4, 0.5) is 0 Å². The average Bonchev–Trinajstić information content (AvgIpc) is 2.31. The third kappa shape index (κ3) is 2.52. The summed E-state index contributed by atoms with van der Waals surface area (Å²) in [6.45, 7) is 9.97. The Hall–Kier alpha value is -0.530. The summed E-state index contributed by atoms with van der Waals surface area (Å²) >= 11 is 0. The van der Waals surface area contributed by atoms with Crippen LogP contribution in [0.2, 0.25) is 0 Å². The minimum atomic E-state index is 0.809. The van der Waals surface area contributed by atoms with E-state index in [2.05, 4.69) is 30.7 Å². The van der Waals surface area contributed by atoms with Crippen molar-refractivity contribution in [1.29, 1.82) is 0 Å². The number of hydrogen-bond donors (Lipinski definition) is 0. The van der Waals surface area contributed by atoms with Crippen molar-refractivity contribution in [3.63, 3.8) is 0 Å². The SMILES string of the molecule is CC1=NCCN1CCC(C)C. The van der Waals surface area contributed by atoms with E-state index in [4.69, 9.17) is 0 Å². The molecule has 2 heteroatoms. The summed E-state index contributed by atoms with van der Waals surface area (Å²) < 4.78 is 0. The summed E-state index contributed by atoms with van der Waals surface area (Å²) in [5.74, 6) is 2.04. The molecule has 1 aliphatic rings. The quantitative estimate of drug-likeness (QED) is 0.605. The van der Waals surface area contributed by atoms with E-state index in [1.165, 1.54) is 18.8 Å². The maximum absolute atomic E-state index is 4.34. The van der Waals surface area contributed by atoms with Crippen molar-refractivity contribution in [2.45, 2.75) is 27.2 Å². The third-order valence-electron chi connectivity index (χ3n) is 2.14. The Bertz CT molecular complexity index is 150. The van der Waals surface area contributed by atoms with Gasteiger partial charge in [0.05, 0.1) is 12.4 Å². The molecule has 1 rings (SSSR count). The normalized spacial score (nSPS) is 17.8. The molecule has 2 nitrogen and oxygen atoms in total. The molecule has 1 heterocycles. The van der Waals surface area contributed by atoms with Crippen molar-refractivity contribution in [2.75, 3.05) is 19.6 Å². The number of amidine groups is 1. The van der Waals surface area contributed by atoms with Gasteiger partial charge in [-0.2, -0.15) is 0 Å². The van der Waals surface area contributed by atoms with Gasteiger partial charge in [0, 0.05) is 13.1 Å². The van der Waals surface area contributed by atoms with Gasteiger partial charge in [0.15, 0.2) is 0 Å². The van der Waals surface area contributed by atoms with Gasteiger partial charge in [-0.05, 0) is 19.3 Å². The second kappa shape index (κ2) is 3.74. The molecular formula is C9H18N2. The van der Waals surface area contributed by atoms with Crippen LogP contribution in [-0.2, 0) is 0 Å².